The maximum atomic E-state index is 14.5. The maximum absolute atomic E-state index is 14.5. The summed E-state index contributed by atoms with van der Waals surface area (Å²) in [4.78, 5) is 33.3. The van der Waals surface area contributed by atoms with E-state index < -0.39 is 17.5 Å². The van der Waals surface area contributed by atoms with Crippen LogP contribution in [0.25, 0.3) is 10.9 Å². The summed E-state index contributed by atoms with van der Waals surface area (Å²) < 4.78 is 38.6. The molecule has 210 valence electrons. The highest BCUT2D eigenvalue weighted by Gasteiger charge is 2.25. The van der Waals surface area contributed by atoms with Gasteiger partial charge in [0.15, 0.2) is 0 Å². The van der Waals surface area contributed by atoms with Gasteiger partial charge in [0.2, 0.25) is 5.91 Å². The maximum Gasteiger partial charge on any atom is 0.257 e. The number of aromatic nitrogens is 1. The van der Waals surface area contributed by atoms with E-state index in [9.17, 15) is 18.4 Å². The molecule has 1 aromatic heterocycles. The van der Waals surface area contributed by atoms with Crippen LogP contribution in [0.15, 0.2) is 72.9 Å². The highest BCUT2D eigenvalue weighted by Crippen LogP contribution is 2.22. The van der Waals surface area contributed by atoms with Gasteiger partial charge in [-0.3, -0.25) is 9.59 Å². The Morgan fingerprint density at radius 3 is 2.45 bits per heavy atom. The molecule has 2 amide bonds. The fourth-order valence-electron chi connectivity index (χ4n) is 4.67. The molecule has 0 bridgehead atoms. The van der Waals surface area contributed by atoms with Crippen LogP contribution >= 0.6 is 0 Å². The number of rotatable bonds is 13. The predicted octanol–water partition coefficient (Wildman–Crippen LogP) is 5.20. The standard InChI is InChI=1S/C31H33F2N3O4/c1-39-17-7-15-36(31(38)26-13-12-24(32)18-27(26)33)21-30(37)35(20-23-8-3-6-11-29(23)40-2)16-14-22-19-34-28-10-5-4-9-25(22)28/h3-6,8-13,18-19,34H,7,14-17,20-21H2,1-2H3. The average molecular weight is 550 g/mol. The molecule has 0 fully saturated rings. The summed E-state index contributed by atoms with van der Waals surface area (Å²) in [5.41, 5.74) is 2.60. The van der Waals surface area contributed by atoms with E-state index >= 15 is 0 Å². The number of nitrogens with zero attached hydrogens (tertiary/aromatic N) is 2. The highest BCUT2D eigenvalue weighted by atomic mass is 19.1. The van der Waals surface area contributed by atoms with E-state index in [0.717, 1.165) is 34.2 Å². The third kappa shape index (κ3) is 7.04. The summed E-state index contributed by atoms with van der Waals surface area (Å²) in [7, 11) is 3.11. The lowest BCUT2D eigenvalue weighted by Gasteiger charge is -2.28. The normalized spacial score (nSPS) is 11.0. The zero-order chi connectivity index (χ0) is 28.5. The molecule has 4 rings (SSSR count). The van der Waals surface area contributed by atoms with Crippen LogP contribution in [-0.4, -0.2) is 67.1 Å². The lowest BCUT2D eigenvalue weighted by Crippen LogP contribution is -2.44. The molecule has 0 aliphatic carbocycles. The van der Waals surface area contributed by atoms with Crippen molar-refractivity contribution in [1.29, 1.82) is 0 Å². The van der Waals surface area contributed by atoms with E-state index in [0.29, 0.717) is 37.8 Å². The molecule has 0 spiro atoms. The number of amides is 2. The predicted molar refractivity (Wildman–Crippen MR) is 149 cm³/mol. The van der Waals surface area contributed by atoms with Crippen molar-refractivity contribution in [2.75, 3.05) is 40.5 Å². The number of nitrogens with one attached hydrogen (secondary N) is 1. The summed E-state index contributed by atoms with van der Waals surface area (Å²) >= 11 is 0. The quantitative estimate of drug-likeness (QED) is 0.233. The number of carbonyl (C=O) groups is 2. The molecular formula is C31H33F2N3O4. The molecule has 0 unspecified atom stereocenters. The number of ether oxygens (including phenoxy) is 2. The Balaban J connectivity index is 1.58. The van der Waals surface area contributed by atoms with Crippen LogP contribution < -0.4 is 4.74 Å². The monoisotopic (exact) mass is 549 g/mol. The number of hydrogen-bond donors (Lipinski definition) is 1. The van der Waals surface area contributed by atoms with Crippen molar-refractivity contribution in [3.8, 4) is 5.75 Å². The second-order valence-electron chi connectivity index (χ2n) is 9.43. The van der Waals surface area contributed by atoms with Crippen molar-refractivity contribution in [1.82, 2.24) is 14.8 Å². The highest BCUT2D eigenvalue weighted by molar-refractivity contribution is 5.96. The minimum atomic E-state index is -0.973. The van der Waals surface area contributed by atoms with Crippen LogP contribution in [-0.2, 0) is 22.5 Å². The number of aromatic amines is 1. The van der Waals surface area contributed by atoms with Gasteiger partial charge in [-0.05, 0) is 42.7 Å². The van der Waals surface area contributed by atoms with E-state index in [1.807, 2.05) is 54.7 Å². The topological polar surface area (TPSA) is 74.9 Å². The number of benzene rings is 3. The molecule has 7 nitrogen and oxygen atoms in total. The summed E-state index contributed by atoms with van der Waals surface area (Å²) in [6.45, 7) is 0.887. The zero-order valence-electron chi connectivity index (χ0n) is 22.7. The van der Waals surface area contributed by atoms with Gasteiger partial charge in [-0.25, -0.2) is 8.78 Å². The first-order valence-electron chi connectivity index (χ1n) is 13.1. The van der Waals surface area contributed by atoms with Crippen LogP contribution in [0.3, 0.4) is 0 Å². The average Bonchev–Trinajstić information content (AvgIpc) is 3.37. The Kier molecular flexibility index (Phi) is 9.86. The molecule has 0 aliphatic heterocycles. The largest absolute Gasteiger partial charge is 0.496 e. The minimum absolute atomic E-state index is 0.167. The number of para-hydroxylation sites is 2. The fourth-order valence-corrected chi connectivity index (χ4v) is 4.67. The Morgan fingerprint density at radius 2 is 1.68 bits per heavy atom. The Hall–Kier alpha value is -4.24. The molecule has 9 heteroatoms. The molecule has 4 aromatic rings. The fraction of sp³-hybridized carbons (Fsp3) is 0.290. The van der Waals surface area contributed by atoms with Gasteiger partial charge < -0.3 is 24.3 Å². The number of carbonyl (C=O) groups excluding carboxylic acids is 2. The van der Waals surface area contributed by atoms with Crippen molar-refractivity contribution < 1.29 is 27.8 Å². The molecule has 1 N–H and O–H groups in total. The van der Waals surface area contributed by atoms with Crippen LogP contribution in [0.1, 0.15) is 27.9 Å². The van der Waals surface area contributed by atoms with Gasteiger partial charge in [0.1, 0.15) is 23.9 Å². The van der Waals surface area contributed by atoms with Gasteiger partial charge in [-0.1, -0.05) is 36.4 Å². The van der Waals surface area contributed by atoms with E-state index in [1.54, 1.807) is 12.0 Å². The second-order valence-corrected chi connectivity index (χ2v) is 9.43. The van der Waals surface area contributed by atoms with Gasteiger partial charge in [0.25, 0.3) is 5.91 Å². The van der Waals surface area contributed by atoms with Gasteiger partial charge >= 0.3 is 0 Å². The number of halogens is 2. The number of H-pyrrole nitrogens is 1. The summed E-state index contributed by atoms with van der Waals surface area (Å²) in [5, 5.41) is 1.08. The smallest absolute Gasteiger partial charge is 0.257 e. The molecule has 40 heavy (non-hydrogen) atoms. The lowest BCUT2D eigenvalue weighted by atomic mass is 10.1. The first kappa shape index (κ1) is 28.8. The Morgan fingerprint density at radius 1 is 0.900 bits per heavy atom. The molecule has 3 aromatic carbocycles. The Labute approximate surface area is 232 Å². The summed E-state index contributed by atoms with van der Waals surface area (Å²) in [6.07, 6.45) is 2.96. The molecule has 0 radical (unpaired) electrons. The first-order valence-corrected chi connectivity index (χ1v) is 13.1. The van der Waals surface area contributed by atoms with E-state index in [-0.39, 0.29) is 31.1 Å². The molecular weight excluding hydrogens is 516 g/mol. The molecule has 0 aliphatic rings. The summed E-state index contributed by atoms with van der Waals surface area (Å²) in [5.74, 6) is -2.10. The third-order valence-corrected chi connectivity index (χ3v) is 6.78. The third-order valence-electron chi connectivity index (χ3n) is 6.78. The van der Waals surface area contributed by atoms with Crippen molar-refractivity contribution in [3.05, 3.63) is 101 Å². The van der Waals surface area contributed by atoms with Crippen LogP contribution in [0.4, 0.5) is 8.78 Å². The van der Waals surface area contributed by atoms with Crippen molar-refractivity contribution in [3.63, 3.8) is 0 Å². The summed E-state index contributed by atoms with van der Waals surface area (Å²) in [6, 6.07) is 18.2. The van der Waals surface area contributed by atoms with Gasteiger partial charge in [-0.15, -0.1) is 0 Å². The molecule has 0 saturated carbocycles. The SMILES string of the molecule is COCCCN(CC(=O)N(CCc1c[nH]c2ccccc12)Cc1ccccc1OC)C(=O)c1ccc(F)cc1F. The molecule has 0 atom stereocenters. The van der Waals surface area contributed by atoms with Gasteiger partial charge in [0.05, 0.1) is 12.7 Å². The van der Waals surface area contributed by atoms with Crippen molar-refractivity contribution in [2.24, 2.45) is 0 Å². The molecule has 0 saturated heterocycles. The van der Waals surface area contributed by atoms with E-state index in [4.69, 9.17) is 9.47 Å². The van der Waals surface area contributed by atoms with E-state index in [2.05, 4.69) is 4.98 Å². The van der Waals surface area contributed by atoms with Crippen molar-refractivity contribution in [2.45, 2.75) is 19.4 Å². The first-order chi connectivity index (χ1) is 19.4. The lowest BCUT2D eigenvalue weighted by molar-refractivity contribution is -0.132. The van der Waals surface area contributed by atoms with Crippen LogP contribution in [0, 0.1) is 11.6 Å². The van der Waals surface area contributed by atoms with Crippen LogP contribution in [0.5, 0.6) is 5.75 Å². The van der Waals surface area contributed by atoms with Gasteiger partial charge in [0, 0.05) is 62.1 Å². The number of fused-ring (bicyclic) bond motifs is 1. The second kappa shape index (κ2) is 13.7. The zero-order valence-corrected chi connectivity index (χ0v) is 22.7. The number of hydrogen-bond acceptors (Lipinski definition) is 4. The number of methoxy groups -OCH3 is 2. The molecule has 1 heterocycles. The van der Waals surface area contributed by atoms with Crippen molar-refractivity contribution >= 4 is 22.7 Å². The van der Waals surface area contributed by atoms with Gasteiger partial charge in [-0.2, -0.15) is 0 Å². The van der Waals surface area contributed by atoms with E-state index in [1.165, 1.54) is 12.0 Å². The Bertz CT molecular complexity index is 1460. The minimum Gasteiger partial charge on any atom is -0.496 e. The van der Waals surface area contributed by atoms with Crippen LogP contribution in [0.2, 0.25) is 0 Å².